The highest BCUT2D eigenvalue weighted by atomic mass is 16.5. The highest BCUT2D eigenvalue weighted by Gasteiger charge is 2.32. The van der Waals surface area contributed by atoms with E-state index >= 15 is 0 Å². The van der Waals surface area contributed by atoms with Gasteiger partial charge >= 0.3 is 5.97 Å². The van der Waals surface area contributed by atoms with Gasteiger partial charge in [-0.05, 0) is 32.1 Å². The summed E-state index contributed by atoms with van der Waals surface area (Å²) in [5.41, 5.74) is -0.0171. The maximum Gasteiger partial charge on any atom is 0.310 e. The fraction of sp³-hybridized carbons (Fsp3) is 0.706. The standard InChI is InChI=1S/C17H26N2O4/c1-4-23-17(22)12-6-5-9-19(10-12)14-13(15(20)16(14)21)18-8-7-11(2)3/h11-12,18H,4-10H2,1-3H3/t12-/m0/s1. The van der Waals surface area contributed by atoms with Crippen LogP contribution < -0.4 is 21.1 Å². The van der Waals surface area contributed by atoms with Gasteiger partial charge < -0.3 is 15.0 Å². The highest BCUT2D eigenvalue weighted by molar-refractivity contribution is 5.78. The summed E-state index contributed by atoms with van der Waals surface area (Å²) in [4.78, 5) is 37.6. The summed E-state index contributed by atoms with van der Waals surface area (Å²) in [5, 5.41) is 3.10. The predicted octanol–water partition coefficient (Wildman–Crippen LogP) is 1.52. The molecule has 1 aromatic carbocycles. The lowest BCUT2D eigenvalue weighted by molar-refractivity contribution is -0.148. The molecule has 1 saturated heterocycles. The summed E-state index contributed by atoms with van der Waals surface area (Å²) < 4.78 is 5.08. The second-order valence-corrected chi connectivity index (χ2v) is 6.53. The Hall–Kier alpha value is -1.85. The average Bonchev–Trinajstić information content (AvgIpc) is 2.53. The minimum Gasteiger partial charge on any atom is -0.466 e. The summed E-state index contributed by atoms with van der Waals surface area (Å²) in [5.74, 6) is 0.0856. The molecule has 1 aliphatic heterocycles. The van der Waals surface area contributed by atoms with Gasteiger partial charge in [0.2, 0.25) is 0 Å². The zero-order valence-corrected chi connectivity index (χ0v) is 14.2. The molecule has 1 fully saturated rings. The van der Waals surface area contributed by atoms with E-state index in [1.807, 2.05) is 4.90 Å². The fourth-order valence-corrected chi connectivity index (χ4v) is 2.96. The third-order valence-electron chi connectivity index (χ3n) is 4.27. The van der Waals surface area contributed by atoms with Crippen LogP contribution in [0.25, 0.3) is 0 Å². The van der Waals surface area contributed by atoms with Crippen molar-refractivity contribution >= 4 is 17.3 Å². The van der Waals surface area contributed by atoms with Crippen LogP contribution in [0.2, 0.25) is 0 Å². The van der Waals surface area contributed by atoms with Crippen LogP contribution in [-0.2, 0) is 9.53 Å². The lowest BCUT2D eigenvalue weighted by atomic mass is 9.96. The number of hydrogen-bond acceptors (Lipinski definition) is 6. The summed E-state index contributed by atoms with van der Waals surface area (Å²) >= 11 is 0. The van der Waals surface area contributed by atoms with Gasteiger partial charge in [0.15, 0.2) is 0 Å². The number of carbonyl (C=O) groups excluding carboxylic acids is 1. The SMILES string of the molecule is CCOC(=O)[C@H]1CCCN(c2c(NCCC(C)C)c(=O)c2=O)C1. The number of nitrogens with zero attached hydrogens (tertiary/aromatic N) is 1. The molecule has 0 radical (unpaired) electrons. The normalized spacial score (nSPS) is 18.4. The van der Waals surface area contributed by atoms with E-state index in [-0.39, 0.29) is 11.9 Å². The van der Waals surface area contributed by atoms with Crippen molar-refractivity contribution in [3.05, 3.63) is 20.4 Å². The van der Waals surface area contributed by atoms with Crippen LogP contribution in [0.4, 0.5) is 11.4 Å². The summed E-state index contributed by atoms with van der Waals surface area (Å²) in [6, 6.07) is 0. The number of carbonyl (C=O) groups is 1. The van der Waals surface area contributed by atoms with Crippen LogP contribution in [0.15, 0.2) is 9.59 Å². The minimum absolute atomic E-state index is 0.217. The van der Waals surface area contributed by atoms with E-state index in [1.54, 1.807) is 6.92 Å². The Balaban J connectivity index is 2.06. The Morgan fingerprint density at radius 2 is 2.09 bits per heavy atom. The molecule has 0 aromatic heterocycles. The second-order valence-electron chi connectivity index (χ2n) is 6.53. The van der Waals surface area contributed by atoms with Gasteiger partial charge in [0.25, 0.3) is 10.9 Å². The van der Waals surface area contributed by atoms with Gasteiger partial charge in [-0.15, -0.1) is 0 Å². The smallest absolute Gasteiger partial charge is 0.310 e. The van der Waals surface area contributed by atoms with Crippen LogP contribution in [0.5, 0.6) is 0 Å². The number of ether oxygens (including phenoxy) is 1. The van der Waals surface area contributed by atoms with Crippen molar-refractivity contribution in [1.29, 1.82) is 0 Å². The van der Waals surface area contributed by atoms with E-state index < -0.39 is 10.9 Å². The lowest BCUT2D eigenvalue weighted by Gasteiger charge is -2.34. The van der Waals surface area contributed by atoms with Crippen LogP contribution >= 0.6 is 0 Å². The molecular formula is C17H26N2O4. The topological polar surface area (TPSA) is 75.7 Å². The van der Waals surface area contributed by atoms with E-state index in [4.69, 9.17) is 4.74 Å². The van der Waals surface area contributed by atoms with Crippen molar-refractivity contribution in [1.82, 2.24) is 0 Å². The molecule has 0 unspecified atom stereocenters. The Bertz CT molecular complexity index is 616. The Kier molecular flexibility index (Phi) is 5.80. The molecule has 23 heavy (non-hydrogen) atoms. The van der Waals surface area contributed by atoms with Crippen molar-refractivity contribution in [2.75, 3.05) is 36.5 Å². The molecule has 0 bridgehead atoms. The first-order chi connectivity index (χ1) is 11.0. The fourth-order valence-electron chi connectivity index (χ4n) is 2.96. The molecule has 6 nitrogen and oxygen atoms in total. The zero-order valence-electron chi connectivity index (χ0n) is 14.2. The quantitative estimate of drug-likeness (QED) is 0.606. The molecular weight excluding hydrogens is 296 g/mol. The van der Waals surface area contributed by atoms with E-state index in [2.05, 4.69) is 19.2 Å². The van der Waals surface area contributed by atoms with E-state index in [1.165, 1.54) is 0 Å². The van der Waals surface area contributed by atoms with Crippen LogP contribution in [-0.4, -0.2) is 32.2 Å². The molecule has 0 aliphatic carbocycles. The van der Waals surface area contributed by atoms with Crippen LogP contribution in [0, 0.1) is 11.8 Å². The van der Waals surface area contributed by atoms with Gasteiger partial charge in [-0.2, -0.15) is 0 Å². The van der Waals surface area contributed by atoms with Gasteiger partial charge in [0, 0.05) is 19.6 Å². The molecule has 1 atom stereocenters. The largest absolute Gasteiger partial charge is 0.466 e. The van der Waals surface area contributed by atoms with Crippen molar-refractivity contribution < 1.29 is 9.53 Å². The maximum absolute atomic E-state index is 12.0. The van der Waals surface area contributed by atoms with Gasteiger partial charge in [0.05, 0.1) is 12.5 Å². The number of esters is 1. The second kappa shape index (κ2) is 7.62. The molecule has 6 heteroatoms. The molecule has 1 aliphatic rings. The van der Waals surface area contributed by atoms with E-state index in [0.717, 1.165) is 19.3 Å². The van der Waals surface area contributed by atoms with Crippen LogP contribution in [0.3, 0.4) is 0 Å². The summed E-state index contributed by atoms with van der Waals surface area (Å²) in [7, 11) is 0. The monoisotopic (exact) mass is 322 g/mol. The first-order valence-electron chi connectivity index (χ1n) is 8.44. The maximum atomic E-state index is 12.0. The van der Waals surface area contributed by atoms with Gasteiger partial charge in [-0.1, -0.05) is 13.8 Å². The van der Waals surface area contributed by atoms with Crippen molar-refractivity contribution in [3.8, 4) is 0 Å². The number of anilines is 2. The minimum atomic E-state index is -0.443. The molecule has 1 aromatic rings. The molecule has 0 saturated carbocycles. The number of nitrogens with one attached hydrogen (secondary N) is 1. The Morgan fingerprint density at radius 3 is 2.74 bits per heavy atom. The first-order valence-corrected chi connectivity index (χ1v) is 8.44. The van der Waals surface area contributed by atoms with Gasteiger partial charge in [-0.3, -0.25) is 14.4 Å². The summed E-state index contributed by atoms with van der Waals surface area (Å²) in [6.07, 6.45) is 2.51. The lowest BCUT2D eigenvalue weighted by Crippen LogP contribution is -2.47. The van der Waals surface area contributed by atoms with Crippen molar-refractivity contribution in [2.45, 2.75) is 40.0 Å². The third-order valence-corrected chi connectivity index (χ3v) is 4.27. The van der Waals surface area contributed by atoms with E-state index in [9.17, 15) is 14.4 Å². The van der Waals surface area contributed by atoms with E-state index in [0.29, 0.717) is 43.5 Å². The summed E-state index contributed by atoms with van der Waals surface area (Å²) in [6.45, 7) is 8.18. The van der Waals surface area contributed by atoms with Crippen molar-refractivity contribution in [3.63, 3.8) is 0 Å². The number of rotatable bonds is 7. The van der Waals surface area contributed by atoms with Gasteiger partial charge in [-0.25, -0.2) is 0 Å². The molecule has 1 N–H and O–H groups in total. The first kappa shape index (κ1) is 17.5. The van der Waals surface area contributed by atoms with Crippen LogP contribution in [0.1, 0.15) is 40.0 Å². The predicted molar refractivity (Wildman–Crippen MR) is 90.9 cm³/mol. The molecule has 128 valence electrons. The third kappa shape index (κ3) is 3.92. The molecule has 0 amide bonds. The van der Waals surface area contributed by atoms with Gasteiger partial charge in [0.1, 0.15) is 11.4 Å². The Labute approximate surface area is 136 Å². The Morgan fingerprint density at radius 1 is 1.35 bits per heavy atom. The average molecular weight is 322 g/mol. The number of hydrogen-bond donors (Lipinski definition) is 1. The zero-order chi connectivity index (χ0) is 17.0. The molecule has 2 rings (SSSR count). The molecule has 1 heterocycles. The molecule has 0 spiro atoms. The highest BCUT2D eigenvalue weighted by Crippen LogP contribution is 2.27. The van der Waals surface area contributed by atoms with Crippen molar-refractivity contribution in [2.24, 2.45) is 11.8 Å². The number of piperidine rings is 1.